The van der Waals surface area contributed by atoms with Crippen LogP contribution in [0, 0.1) is 5.92 Å². The number of aromatic amines is 1. The lowest BCUT2D eigenvalue weighted by Crippen LogP contribution is -2.49. The molecule has 1 amide bonds. The molecule has 0 saturated carbocycles. The van der Waals surface area contributed by atoms with Crippen LogP contribution in [-0.4, -0.2) is 71.3 Å². The monoisotopic (exact) mass is 517 g/mol. The minimum absolute atomic E-state index is 0.128. The minimum Gasteiger partial charge on any atom is -0.461 e. The number of nitrogens with zero attached hydrogens (tertiary/aromatic N) is 4. The fourth-order valence-electron chi connectivity index (χ4n) is 4.42. The quantitative estimate of drug-likeness (QED) is 0.342. The number of nitrogens with one attached hydrogen (secondary N) is 1. The van der Waals surface area contributed by atoms with Crippen molar-refractivity contribution in [3.63, 3.8) is 0 Å². The van der Waals surface area contributed by atoms with Crippen LogP contribution < -0.4 is 4.90 Å². The molecule has 198 valence electrons. The molecule has 1 aliphatic rings. The second-order valence-electron chi connectivity index (χ2n) is 9.51. The van der Waals surface area contributed by atoms with Crippen molar-refractivity contribution in [2.75, 3.05) is 44.3 Å². The molecular formula is C28H31N5O5. The number of oxazole rings is 1. The lowest BCUT2D eigenvalue weighted by atomic mass is 10.1. The van der Waals surface area contributed by atoms with Crippen LogP contribution in [0.5, 0.6) is 0 Å². The molecular weight excluding hydrogens is 486 g/mol. The Kier molecular flexibility index (Phi) is 7.30. The Morgan fingerprint density at radius 1 is 1.05 bits per heavy atom. The number of hydrogen-bond donors (Lipinski definition) is 1. The predicted octanol–water partition coefficient (Wildman–Crippen LogP) is 4.98. The maximum Gasteiger partial charge on any atom is 0.409 e. The fraction of sp³-hybridized carbons (Fsp3) is 0.357. The highest BCUT2D eigenvalue weighted by Crippen LogP contribution is 2.34. The number of carbonyl (C=O) groups excluding carboxylic acids is 2. The SMILES string of the molecule is CCOC(=O)c1nc(-c2ccnc3[nH]ccc23)oc1-c1ccc(N2CCN(C(=O)OCC(C)C)CC2)cc1. The zero-order valence-corrected chi connectivity index (χ0v) is 21.8. The van der Waals surface area contributed by atoms with Gasteiger partial charge in [-0.1, -0.05) is 13.8 Å². The lowest BCUT2D eigenvalue weighted by Gasteiger charge is -2.35. The second kappa shape index (κ2) is 11.0. The number of ether oxygens (including phenoxy) is 2. The van der Waals surface area contributed by atoms with Crippen molar-refractivity contribution in [1.29, 1.82) is 0 Å². The molecule has 4 heterocycles. The summed E-state index contributed by atoms with van der Waals surface area (Å²) in [5, 5.41) is 0.846. The number of esters is 1. The van der Waals surface area contributed by atoms with E-state index in [1.54, 1.807) is 24.2 Å². The maximum absolute atomic E-state index is 12.8. The predicted molar refractivity (Wildman–Crippen MR) is 143 cm³/mol. The van der Waals surface area contributed by atoms with Crippen molar-refractivity contribution in [1.82, 2.24) is 19.9 Å². The zero-order chi connectivity index (χ0) is 26.6. The van der Waals surface area contributed by atoms with Crippen molar-refractivity contribution in [3.05, 3.63) is 54.5 Å². The zero-order valence-electron chi connectivity index (χ0n) is 21.8. The molecule has 1 fully saturated rings. The van der Waals surface area contributed by atoms with Crippen molar-refractivity contribution >= 4 is 28.8 Å². The van der Waals surface area contributed by atoms with Crippen molar-refractivity contribution in [2.45, 2.75) is 20.8 Å². The van der Waals surface area contributed by atoms with Crippen molar-refractivity contribution in [3.8, 4) is 22.8 Å². The van der Waals surface area contributed by atoms with Crippen LogP contribution in [0.4, 0.5) is 10.5 Å². The topological polar surface area (TPSA) is 114 Å². The molecule has 0 bridgehead atoms. The molecule has 1 saturated heterocycles. The number of benzene rings is 1. The van der Waals surface area contributed by atoms with E-state index >= 15 is 0 Å². The standard InChI is InChI=1S/C28H31N5O5/c1-4-36-27(34)23-24(38-26(31-23)22-10-12-30-25-21(22)9-11-29-25)19-5-7-20(8-6-19)32-13-15-33(16-14-32)28(35)37-17-18(2)3/h5-12,18H,4,13-17H2,1-3H3,(H,29,30). The van der Waals surface area contributed by atoms with E-state index in [-0.39, 0.29) is 18.4 Å². The third-order valence-corrected chi connectivity index (χ3v) is 6.36. The molecule has 38 heavy (non-hydrogen) atoms. The fourth-order valence-corrected chi connectivity index (χ4v) is 4.42. The van der Waals surface area contributed by atoms with Gasteiger partial charge in [0.1, 0.15) is 5.65 Å². The molecule has 0 aliphatic carbocycles. The highest BCUT2D eigenvalue weighted by molar-refractivity contribution is 5.96. The molecule has 0 unspecified atom stereocenters. The van der Waals surface area contributed by atoms with E-state index in [1.165, 1.54) is 0 Å². The molecule has 10 heteroatoms. The van der Waals surface area contributed by atoms with Crippen molar-refractivity contribution in [2.24, 2.45) is 5.92 Å². The second-order valence-corrected chi connectivity index (χ2v) is 9.51. The van der Waals surface area contributed by atoms with Gasteiger partial charge in [0, 0.05) is 60.8 Å². The molecule has 5 rings (SSSR count). The van der Waals surface area contributed by atoms with E-state index in [0.29, 0.717) is 61.6 Å². The number of carbonyl (C=O) groups is 2. The molecule has 0 radical (unpaired) electrons. The number of pyridine rings is 1. The van der Waals surface area contributed by atoms with Gasteiger partial charge in [0.25, 0.3) is 0 Å². The van der Waals surface area contributed by atoms with Gasteiger partial charge in [0.2, 0.25) is 5.89 Å². The summed E-state index contributed by atoms with van der Waals surface area (Å²) < 4.78 is 16.8. The van der Waals surface area contributed by atoms with Gasteiger partial charge in [-0.3, -0.25) is 0 Å². The first-order valence-electron chi connectivity index (χ1n) is 12.8. The summed E-state index contributed by atoms with van der Waals surface area (Å²) in [5.41, 5.74) is 3.30. The Bertz CT molecular complexity index is 1420. The Morgan fingerprint density at radius 3 is 2.53 bits per heavy atom. The summed E-state index contributed by atoms with van der Waals surface area (Å²) in [5.74, 6) is 0.437. The van der Waals surface area contributed by atoms with E-state index in [4.69, 9.17) is 13.9 Å². The van der Waals surface area contributed by atoms with Crippen LogP contribution in [0.25, 0.3) is 33.8 Å². The third kappa shape index (κ3) is 5.20. The van der Waals surface area contributed by atoms with Gasteiger partial charge in [-0.2, -0.15) is 0 Å². The summed E-state index contributed by atoms with van der Waals surface area (Å²) in [6, 6.07) is 11.5. The number of aromatic nitrogens is 3. The molecule has 0 atom stereocenters. The van der Waals surface area contributed by atoms with Crippen LogP contribution in [-0.2, 0) is 9.47 Å². The Labute approximate surface area is 220 Å². The van der Waals surface area contributed by atoms with Gasteiger partial charge in [-0.25, -0.2) is 19.6 Å². The highest BCUT2D eigenvalue weighted by Gasteiger charge is 2.26. The van der Waals surface area contributed by atoms with Gasteiger partial charge < -0.3 is 28.7 Å². The largest absolute Gasteiger partial charge is 0.461 e. The van der Waals surface area contributed by atoms with Gasteiger partial charge in [-0.05, 0) is 49.2 Å². The Morgan fingerprint density at radius 2 is 1.82 bits per heavy atom. The number of rotatable bonds is 7. The summed E-state index contributed by atoms with van der Waals surface area (Å²) in [6.07, 6.45) is 3.21. The maximum atomic E-state index is 12.8. The number of piperazine rings is 1. The van der Waals surface area contributed by atoms with Crippen LogP contribution >= 0.6 is 0 Å². The van der Waals surface area contributed by atoms with Gasteiger partial charge in [0.05, 0.1) is 13.2 Å². The van der Waals surface area contributed by atoms with E-state index in [1.807, 2.05) is 50.2 Å². The van der Waals surface area contributed by atoms with E-state index in [2.05, 4.69) is 19.9 Å². The first-order valence-corrected chi connectivity index (χ1v) is 12.8. The summed E-state index contributed by atoms with van der Waals surface area (Å²) in [6.45, 7) is 9.03. The number of amides is 1. The van der Waals surface area contributed by atoms with Crippen LogP contribution in [0.3, 0.4) is 0 Å². The van der Waals surface area contributed by atoms with Crippen LogP contribution in [0.15, 0.2) is 53.2 Å². The molecule has 0 spiro atoms. The normalized spacial score (nSPS) is 13.8. The van der Waals surface area contributed by atoms with Gasteiger partial charge in [0.15, 0.2) is 11.5 Å². The first kappa shape index (κ1) is 25.3. The Balaban J connectivity index is 1.36. The van der Waals surface area contributed by atoms with E-state index in [0.717, 1.165) is 16.6 Å². The average Bonchev–Trinajstić information content (AvgIpc) is 3.60. The molecule has 1 aliphatic heterocycles. The highest BCUT2D eigenvalue weighted by atomic mass is 16.6. The molecule has 1 N–H and O–H groups in total. The summed E-state index contributed by atoms with van der Waals surface area (Å²) in [4.78, 5) is 40.9. The molecule has 10 nitrogen and oxygen atoms in total. The average molecular weight is 518 g/mol. The first-order chi connectivity index (χ1) is 18.4. The number of fused-ring (bicyclic) bond motifs is 1. The van der Waals surface area contributed by atoms with Gasteiger partial charge >= 0.3 is 12.1 Å². The minimum atomic E-state index is -0.540. The van der Waals surface area contributed by atoms with Crippen LogP contribution in [0.1, 0.15) is 31.3 Å². The number of hydrogen-bond acceptors (Lipinski definition) is 8. The van der Waals surface area contributed by atoms with E-state index < -0.39 is 5.97 Å². The number of H-pyrrole nitrogens is 1. The van der Waals surface area contributed by atoms with Crippen molar-refractivity contribution < 1.29 is 23.5 Å². The summed E-state index contributed by atoms with van der Waals surface area (Å²) in [7, 11) is 0. The molecule has 1 aromatic carbocycles. The van der Waals surface area contributed by atoms with E-state index in [9.17, 15) is 9.59 Å². The number of anilines is 1. The molecule has 4 aromatic rings. The van der Waals surface area contributed by atoms with Gasteiger partial charge in [-0.15, -0.1) is 0 Å². The van der Waals surface area contributed by atoms with Crippen LogP contribution in [0.2, 0.25) is 0 Å². The third-order valence-electron chi connectivity index (χ3n) is 6.36. The molecule has 3 aromatic heterocycles. The Hall–Kier alpha value is -4.34. The smallest absolute Gasteiger partial charge is 0.409 e. The summed E-state index contributed by atoms with van der Waals surface area (Å²) >= 11 is 0. The lowest BCUT2D eigenvalue weighted by molar-refractivity contribution is 0.0520.